The maximum absolute atomic E-state index is 2.72. The summed E-state index contributed by atoms with van der Waals surface area (Å²) in [5.41, 5.74) is 4.53. The lowest BCUT2D eigenvalue weighted by Crippen LogP contribution is -2.50. The van der Waals surface area contributed by atoms with Crippen LogP contribution in [0.4, 0.5) is 0 Å². The van der Waals surface area contributed by atoms with E-state index in [0.717, 1.165) is 19.5 Å². The fourth-order valence-electron chi connectivity index (χ4n) is 3.94. The molecule has 0 amide bonds. The molecule has 0 bridgehead atoms. The van der Waals surface area contributed by atoms with Gasteiger partial charge in [0, 0.05) is 31.7 Å². The van der Waals surface area contributed by atoms with E-state index in [-0.39, 0.29) is 0 Å². The van der Waals surface area contributed by atoms with Crippen LogP contribution in [0, 0.1) is 0 Å². The Morgan fingerprint density at radius 3 is 2.48 bits per heavy atom. The number of piperazine rings is 1. The molecule has 4 rings (SSSR count). The molecule has 21 heavy (non-hydrogen) atoms. The highest BCUT2D eigenvalue weighted by molar-refractivity contribution is 5.36. The van der Waals surface area contributed by atoms with Crippen molar-refractivity contribution in [2.45, 2.75) is 18.5 Å². The second-order valence-corrected chi connectivity index (χ2v) is 6.35. The van der Waals surface area contributed by atoms with Gasteiger partial charge in [0.05, 0.1) is 0 Å². The van der Waals surface area contributed by atoms with E-state index in [1.165, 1.54) is 23.2 Å². The number of nitrogens with zero attached hydrogens (tertiary/aromatic N) is 2. The van der Waals surface area contributed by atoms with Crippen LogP contribution in [0.25, 0.3) is 0 Å². The molecule has 0 spiro atoms. The summed E-state index contributed by atoms with van der Waals surface area (Å²) in [6.45, 7) is 3.47. The van der Waals surface area contributed by atoms with Crippen LogP contribution >= 0.6 is 0 Å². The van der Waals surface area contributed by atoms with Crippen molar-refractivity contribution in [1.82, 2.24) is 9.80 Å². The largest absolute Gasteiger partial charge is 0.303 e. The minimum atomic E-state index is 0.528. The molecule has 2 nitrogen and oxygen atoms in total. The molecule has 2 atom stereocenters. The summed E-state index contributed by atoms with van der Waals surface area (Å²) in [5.74, 6) is 0. The molecule has 2 aliphatic rings. The van der Waals surface area contributed by atoms with Gasteiger partial charge < -0.3 is 4.90 Å². The first kappa shape index (κ1) is 13.1. The quantitative estimate of drug-likeness (QED) is 0.790. The van der Waals surface area contributed by atoms with Crippen LogP contribution in [0.3, 0.4) is 0 Å². The molecule has 2 aromatic carbocycles. The van der Waals surface area contributed by atoms with Gasteiger partial charge in [0.2, 0.25) is 0 Å². The van der Waals surface area contributed by atoms with Crippen LogP contribution in [0.1, 0.15) is 28.8 Å². The van der Waals surface area contributed by atoms with E-state index in [9.17, 15) is 0 Å². The minimum absolute atomic E-state index is 0.528. The molecule has 2 heteroatoms. The third-order valence-electron chi connectivity index (χ3n) is 5.04. The van der Waals surface area contributed by atoms with E-state index in [2.05, 4.69) is 71.4 Å². The van der Waals surface area contributed by atoms with Gasteiger partial charge in [-0.2, -0.15) is 0 Å². The summed E-state index contributed by atoms with van der Waals surface area (Å²) in [7, 11) is 2.24. The molecular weight excluding hydrogens is 256 g/mol. The molecule has 0 unspecified atom stereocenters. The van der Waals surface area contributed by atoms with E-state index in [4.69, 9.17) is 0 Å². The van der Waals surface area contributed by atoms with Gasteiger partial charge in [0.25, 0.3) is 0 Å². The van der Waals surface area contributed by atoms with Gasteiger partial charge in [-0.05, 0) is 30.2 Å². The molecule has 2 aromatic rings. The van der Waals surface area contributed by atoms with Crippen molar-refractivity contribution < 1.29 is 0 Å². The van der Waals surface area contributed by atoms with E-state index in [0.29, 0.717) is 12.1 Å². The zero-order valence-corrected chi connectivity index (χ0v) is 12.6. The Balaban J connectivity index is 1.77. The molecule has 108 valence electrons. The monoisotopic (exact) mass is 278 g/mol. The summed E-state index contributed by atoms with van der Waals surface area (Å²) >= 11 is 0. The van der Waals surface area contributed by atoms with Gasteiger partial charge in [-0.15, -0.1) is 0 Å². The lowest BCUT2D eigenvalue weighted by molar-refractivity contribution is 0.0404. The van der Waals surface area contributed by atoms with E-state index in [1.807, 2.05) is 0 Å². The van der Waals surface area contributed by atoms with Crippen LogP contribution in [0.15, 0.2) is 54.6 Å². The Morgan fingerprint density at radius 2 is 1.62 bits per heavy atom. The number of benzene rings is 2. The van der Waals surface area contributed by atoms with Crippen molar-refractivity contribution in [2.24, 2.45) is 0 Å². The SMILES string of the molecule is CN1CCN2[C@H](C1)c1ccccc1C[C@H]2c1ccccc1. The van der Waals surface area contributed by atoms with E-state index in [1.54, 1.807) is 0 Å². The number of rotatable bonds is 1. The topological polar surface area (TPSA) is 6.48 Å². The fourth-order valence-corrected chi connectivity index (χ4v) is 3.94. The summed E-state index contributed by atoms with van der Waals surface area (Å²) in [6, 6.07) is 21.1. The molecule has 0 aromatic heterocycles. The normalized spacial score (nSPS) is 26.1. The minimum Gasteiger partial charge on any atom is -0.303 e. The van der Waals surface area contributed by atoms with Crippen molar-refractivity contribution in [2.75, 3.05) is 26.7 Å². The van der Waals surface area contributed by atoms with Crippen LogP contribution in [-0.4, -0.2) is 36.5 Å². The molecule has 2 heterocycles. The van der Waals surface area contributed by atoms with E-state index >= 15 is 0 Å². The van der Waals surface area contributed by atoms with Crippen LogP contribution < -0.4 is 0 Å². The highest BCUT2D eigenvalue weighted by atomic mass is 15.3. The second kappa shape index (κ2) is 5.28. The molecular formula is C19H22N2. The fraction of sp³-hybridized carbons (Fsp3) is 0.368. The summed E-state index contributed by atoms with van der Waals surface area (Å²) in [4.78, 5) is 5.18. The lowest BCUT2D eigenvalue weighted by Gasteiger charge is -2.48. The number of hydrogen-bond donors (Lipinski definition) is 0. The van der Waals surface area contributed by atoms with Gasteiger partial charge in [-0.3, -0.25) is 4.90 Å². The first-order chi connectivity index (χ1) is 10.3. The smallest absolute Gasteiger partial charge is 0.0484 e. The third-order valence-corrected chi connectivity index (χ3v) is 5.04. The van der Waals surface area contributed by atoms with Crippen LogP contribution in [-0.2, 0) is 6.42 Å². The van der Waals surface area contributed by atoms with Crippen molar-refractivity contribution >= 4 is 0 Å². The van der Waals surface area contributed by atoms with Gasteiger partial charge in [0.15, 0.2) is 0 Å². The average Bonchev–Trinajstić information content (AvgIpc) is 2.55. The lowest BCUT2D eigenvalue weighted by atomic mass is 9.84. The molecule has 0 aliphatic carbocycles. The number of fused-ring (bicyclic) bond motifs is 3. The summed E-state index contributed by atoms with van der Waals surface area (Å²) < 4.78 is 0. The second-order valence-electron chi connectivity index (χ2n) is 6.35. The maximum atomic E-state index is 2.72. The molecule has 0 saturated carbocycles. The predicted octanol–water partition coefficient (Wildman–Crippen LogP) is 3.27. The number of hydrogen-bond acceptors (Lipinski definition) is 2. The molecule has 2 aliphatic heterocycles. The Labute approximate surface area is 127 Å². The summed E-state index contributed by atoms with van der Waals surface area (Å²) in [6.07, 6.45) is 1.14. The predicted molar refractivity (Wildman–Crippen MR) is 86.3 cm³/mol. The van der Waals surface area contributed by atoms with Crippen LogP contribution in [0.2, 0.25) is 0 Å². The molecule has 1 fully saturated rings. The first-order valence-corrected chi connectivity index (χ1v) is 7.90. The van der Waals surface area contributed by atoms with Gasteiger partial charge in [-0.25, -0.2) is 0 Å². The Bertz CT molecular complexity index is 622. The average molecular weight is 278 g/mol. The van der Waals surface area contributed by atoms with Gasteiger partial charge in [0.1, 0.15) is 0 Å². The van der Waals surface area contributed by atoms with Gasteiger partial charge >= 0.3 is 0 Å². The molecule has 0 radical (unpaired) electrons. The Morgan fingerprint density at radius 1 is 0.857 bits per heavy atom. The van der Waals surface area contributed by atoms with Crippen molar-refractivity contribution in [1.29, 1.82) is 0 Å². The van der Waals surface area contributed by atoms with Gasteiger partial charge in [-0.1, -0.05) is 54.6 Å². The maximum Gasteiger partial charge on any atom is 0.0484 e. The summed E-state index contributed by atoms with van der Waals surface area (Å²) in [5, 5.41) is 0. The van der Waals surface area contributed by atoms with E-state index < -0.39 is 0 Å². The Hall–Kier alpha value is -1.64. The standard InChI is InChI=1S/C19H22N2/c1-20-11-12-21-18(15-7-3-2-4-8-15)13-16-9-5-6-10-17(16)19(21)14-20/h2-10,18-19H,11-14H2,1H3/t18-,19+/m0/s1. The van der Waals surface area contributed by atoms with Crippen molar-refractivity contribution in [3.8, 4) is 0 Å². The third kappa shape index (κ3) is 2.29. The van der Waals surface area contributed by atoms with Crippen molar-refractivity contribution in [3.63, 3.8) is 0 Å². The van der Waals surface area contributed by atoms with Crippen molar-refractivity contribution in [3.05, 3.63) is 71.3 Å². The highest BCUT2D eigenvalue weighted by Gasteiger charge is 2.37. The molecule has 1 saturated heterocycles. The number of likely N-dealkylation sites (N-methyl/N-ethyl adjacent to an activating group) is 1. The Kier molecular flexibility index (Phi) is 3.28. The zero-order chi connectivity index (χ0) is 14.2. The molecule has 0 N–H and O–H groups in total. The highest BCUT2D eigenvalue weighted by Crippen LogP contribution is 2.41. The van der Waals surface area contributed by atoms with Crippen LogP contribution in [0.5, 0.6) is 0 Å². The zero-order valence-electron chi connectivity index (χ0n) is 12.6. The first-order valence-electron chi connectivity index (χ1n) is 7.90.